The van der Waals surface area contributed by atoms with E-state index in [-0.39, 0.29) is 42.0 Å². The number of carbonyl (C=O) groups excluding carboxylic acids is 3. The van der Waals surface area contributed by atoms with Crippen LogP contribution in [0.15, 0.2) is 59.7 Å². The summed E-state index contributed by atoms with van der Waals surface area (Å²) in [5, 5.41) is 11.4. The zero-order chi connectivity index (χ0) is 21.8. The fraction of sp³-hybridized carbons (Fsp3) is 0.190. The maximum Gasteiger partial charge on any atom is 0.310 e. The van der Waals surface area contributed by atoms with E-state index in [2.05, 4.69) is 0 Å². The number of hydrogen-bond acceptors (Lipinski definition) is 6. The Hall–Kier alpha value is -3.52. The number of amides is 2. The molecule has 2 aromatic rings. The number of nitro benzene ring substituents is 1. The van der Waals surface area contributed by atoms with Gasteiger partial charge in [0.15, 0.2) is 0 Å². The summed E-state index contributed by atoms with van der Waals surface area (Å²) in [6.45, 7) is 1.79. The molecule has 1 aliphatic rings. The molecule has 154 valence electrons. The monoisotopic (exact) mass is 428 g/mol. The maximum atomic E-state index is 13.1. The lowest BCUT2D eigenvalue weighted by atomic mass is 10.00. The van der Waals surface area contributed by atoms with Gasteiger partial charge in [-0.1, -0.05) is 23.7 Å². The minimum absolute atomic E-state index is 0.0479. The van der Waals surface area contributed by atoms with Gasteiger partial charge in [0.25, 0.3) is 17.5 Å². The Kier molecular flexibility index (Phi) is 6.27. The molecule has 9 heteroatoms. The van der Waals surface area contributed by atoms with Crippen molar-refractivity contribution in [3.63, 3.8) is 0 Å². The Morgan fingerprint density at radius 1 is 1.03 bits per heavy atom. The van der Waals surface area contributed by atoms with Crippen molar-refractivity contribution < 1.29 is 24.0 Å². The predicted octanol–water partition coefficient (Wildman–Crippen LogP) is 3.61. The molecule has 0 saturated heterocycles. The van der Waals surface area contributed by atoms with Crippen molar-refractivity contribution in [3.05, 3.63) is 80.4 Å². The van der Waals surface area contributed by atoms with Crippen LogP contribution in [-0.2, 0) is 25.5 Å². The number of halogens is 1. The summed E-state index contributed by atoms with van der Waals surface area (Å²) >= 11 is 5.90. The van der Waals surface area contributed by atoms with E-state index in [0.717, 1.165) is 10.5 Å². The Bertz CT molecular complexity index is 1040. The van der Waals surface area contributed by atoms with Crippen LogP contribution in [0.4, 0.5) is 11.4 Å². The number of benzene rings is 2. The molecular weight excluding hydrogens is 412 g/mol. The van der Waals surface area contributed by atoms with Crippen LogP contribution in [-0.4, -0.2) is 29.3 Å². The molecule has 2 amide bonds. The smallest absolute Gasteiger partial charge is 0.310 e. The van der Waals surface area contributed by atoms with E-state index >= 15 is 0 Å². The second-order valence-electron chi connectivity index (χ2n) is 6.46. The Morgan fingerprint density at radius 2 is 1.63 bits per heavy atom. The van der Waals surface area contributed by atoms with Gasteiger partial charge in [0.1, 0.15) is 0 Å². The van der Waals surface area contributed by atoms with Gasteiger partial charge in [-0.05, 0) is 36.8 Å². The van der Waals surface area contributed by atoms with E-state index < -0.39 is 22.7 Å². The van der Waals surface area contributed by atoms with Crippen molar-refractivity contribution in [3.8, 4) is 0 Å². The van der Waals surface area contributed by atoms with E-state index in [1.807, 2.05) is 0 Å². The first-order chi connectivity index (χ1) is 14.3. The first-order valence-electron chi connectivity index (χ1n) is 9.07. The zero-order valence-electron chi connectivity index (χ0n) is 16.0. The third-order valence-electron chi connectivity index (χ3n) is 4.53. The van der Waals surface area contributed by atoms with E-state index in [1.165, 1.54) is 24.3 Å². The largest absolute Gasteiger partial charge is 0.466 e. The molecule has 0 spiro atoms. The molecule has 0 radical (unpaired) electrons. The first kappa shape index (κ1) is 21.2. The van der Waals surface area contributed by atoms with Crippen molar-refractivity contribution in [2.24, 2.45) is 0 Å². The molecular formula is C21H17ClN2O6. The molecule has 0 atom stereocenters. The summed E-state index contributed by atoms with van der Waals surface area (Å²) in [5.74, 6) is -1.85. The highest BCUT2D eigenvalue weighted by Gasteiger charge is 2.40. The lowest BCUT2D eigenvalue weighted by Crippen LogP contribution is -2.32. The van der Waals surface area contributed by atoms with Gasteiger partial charge in [-0.25, -0.2) is 4.90 Å². The average molecular weight is 429 g/mol. The second kappa shape index (κ2) is 8.87. The highest BCUT2D eigenvalue weighted by atomic mass is 35.5. The van der Waals surface area contributed by atoms with Crippen LogP contribution in [0.3, 0.4) is 0 Å². The lowest BCUT2D eigenvalue weighted by molar-refractivity contribution is -0.384. The number of rotatable bonds is 7. The van der Waals surface area contributed by atoms with Crippen LogP contribution in [0.1, 0.15) is 18.9 Å². The van der Waals surface area contributed by atoms with Crippen molar-refractivity contribution >= 4 is 40.8 Å². The minimum atomic E-state index is -0.647. The SMILES string of the molecule is CCOC(=O)CC1=C(Cc2ccc(Cl)cc2)C(=O)N(c2ccc([N+](=O)[O-])cc2)C1=O. The number of imide groups is 1. The lowest BCUT2D eigenvalue weighted by Gasteiger charge is -2.15. The molecule has 2 aromatic carbocycles. The molecule has 0 unspecified atom stereocenters. The normalized spacial score (nSPS) is 13.7. The summed E-state index contributed by atoms with van der Waals surface area (Å²) in [7, 11) is 0. The first-order valence-corrected chi connectivity index (χ1v) is 9.45. The number of ether oxygens (including phenoxy) is 1. The number of nitrogens with zero attached hydrogens (tertiary/aromatic N) is 2. The van der Waals surface area contributed by atoms with Crippen LogP contribution in [0.5, 0.6) is 0 Å². The van der Waals surface area contributed by atoms with Gasteiger partial charge in [-0.2, -0.15) is 0 Å². The van der Waals surface area contributed by atoms with Crippen molar-refractivity contribution in [2.45, 2.75) is 19.8 Å². The summed E-state index contributed by atoms with van der Waals surface area (Å²) in [5.41, 5.74) is 0.977. The summed E-state index contributed by atoms with van der Waals surface area (Å²) < 4.78 is 4.94. The molecule has 0 saturated carbocycles. The highest BCUT2D eigenvalue weighted by Crippen LogP contribution is 2.32. The quantitative estimate of drug-likeness (QED) is 0.288. The van der Waals surface area contributed by atoms with Gasteiger partial charge in [-0.3, -0.25) is 24.5 Å². The maximum absolute atomic E-state index is 13.1. The summed E-state index contributed by atoms with van der Waals surface area (Å²) in [4.78, 5) is 49.3. The molecule has 0 aromatic heterocycles. The molecule has 1 aliphatic heterocycles. The standard InChI is InChI=1S/C21H17ClN2O6/c1-2-30-19(25)12-18-17(11-13-3-5-14(22)6-4-13)20(26)23(21(18)27)15-7-9-16(10-8-15)24(28)29/h3-10H,2,11-12H2,1H3. The van der Waals surface area contributed by atoms with Crippen LogP contribution >= 0.6 is 11.6 Å². The topological polar surface area (TPSA) is 107 Å². The van der Waals surface area contributed by atoms with Gasteiger partial charge in [0, 0.05) is 34.7 Å². The number of carbonyl (C=O) groups is 3. The molecule has 0 fully saturated rings. The molecule has 0 N–H and O–H groups in total. The third kappa shape index (κ3) is 4.38. The van der Waals surface area contributed by atoms with E-state index in [0.29, 0.717) is 5.02 Å². The molecule has 30 heavy (non-hydrogen) atoms. The molecule has 0 bridgehead atoms. The van der Waals surface area contributed by atoms with Gasteiger partial charge in [-0.15, -0.1) is 0 Å². The van der Waals surface area contributed by atoms with Crippen molar-refractivity contribution in [2.75, 3.05) is 11.5 Å². The van der Waals surface area contributed by atoms with Gasteiger partial charge in [0.05, 0.1) is 23.6 Å². The van der Waals surface area contributed by atoms with Crippen LogP contribution < -0.4 is 4.90 Å². The second-order valence-corrected chi connectivity index (χ2v) is 6.90. The number of nitro groups is 1. The van der Waals surface area contributed by atoms with E-state index in [1.54, 1.807) is 31.2 Å². The summed E-state index contributed by atoms with van der Waals surface area (Å²) in [6, 6.07) is 11.8. The molecule has 1 heterocycles. The Balaban J connectivity index is 1.97. The number of anilines is 1. The van der Waals surface area contributed by atoms with Gasteiger partial charge in [0.2, 0.25) is 0 Å². The molecule has 0 aliphatic carbocycles. The predicted molar refractivity (Wildman–Crippen MR) is 109 cm³/mol. The molecule has 3 rings (SSSR count). The highest BCUT2D eigenvalue weighted by molar-refractivity contribution is 6.33. The fourth-order valence-corrected chi connectivity index (χ4v) is 3.23. The van der Waals surface area contributed by atoms with Crippen molar-refractivity contribution in [1.82, 2.24) is 0 Å². The minimum Gasteiger partial charge on any atom is -0.466 e. The van der Waals surface area contributed by atoms with Crippen molar-refractivity contribution in [1.29, 1.82) is 0 Å². The van der Waals surface area contributed by atoms with E-state index in [4.69, 9.17) is 16.3 Å². The number of hydrogen-bond donors (Lipinski definition) is 0. The number of esters is 1. The summed E-state index contributed by atoms with van der Waals surface area (Å²) in [6.07, 6.45) is -0.217. The number of non-ortho nitro benzene ring substituents is 1. The van der Waals surface area contributed by atoms with Crippen LogP contribution in [0, 0.1) is 10.1 Å². The third-order valence-corrected chi connectivity index (χ3v) is 4.78. The van der Waals surface area contributed by atoms with Gasteiger partial charge < -0.3 is 4.74 Å². The molecule has 8 nitrogen and oxygen atoms in total. The van der Waals surface area contributed by atoms with Gasteiger partial charge >= 0.3 is 5.97 Å². The fourth-order valence-electron chi connectivity index (χ4n) is 3.11. The average Bonchev–Trinajstić information content (AvgIpc) is 2.94. The Labute approximate surface area is 176 Å². The Morgan fingerprint density at radius 3 is 2.20 bits per heavy atom. The van der Waals surface area contributed by atoms with Crippen LogP contribution in [0.2, 0.25) is 5.02 Å². The zero-order valence-corrected chi connectivity index (χ0v) is 16.7. The van der Waals surface area contributed by atoms with Crippen LogP contribution in [0.25, 0.3) is 0 Å². The van der Waals surface area contributed by atoms with E-state index in [9.17, 15) is 24.5 Å².